The Bertz CT molecular complexity index is 763. The number of nitrogens with one attached hydrogen (secondary N) is 1. The molecule has 25 heavy (non-hydrogen) atoms. The molecule has 5 heteroatoms. The summed E-state index contributed by atoms with van der Waals surface area (Å²) in [6.45, 7) is 8.08. The van der Waals surface area contributed by atoms with E-state index >= 15 is 0 Å². The lowest BCUT2D eigenvalue weighted by molar-refractivity contribution is -0.139. The topological polar surface area (TPSA) is 71.3 Å². The maximum Gasteiger partial charge on any atom is 0.326 e. The summed E-state index contributed by atoms with van der Waals surface area (Å²) in [4.78, 5) is 23.9. The van der Waals surface area contributed by atoms with Crippen LogP contribution in [-0.2, 0) is 11.3 Å². The van der Waals surface area contributed by atoms with Gasteiger partial charge in [-0.3, -0.25) is 4.79 Å². The summed E-state index contributed by atoms with van der Waals surface area (Å²) in [7, 11) is 0. The number of carboxylic acid groups (broad SMARTS) is 1. The number of aliphatic carboxylic acids is 1. The number of aromatic nitrogens is 1. The Morgan fingerprint density at radius 2 is 1.96 bits per heavy atom. The number of amides is 1. The van der Waals surface area contributed by atoms with E-state index in [1.54, 1.807) is 12.1 Å². The molecule has 1 heterocycles. The fraction of sp³-hybridized carbons (Fsp3) is 0.300. The van der Waals surface area contributed by atoms with Crippen molar-refractivity contribution in [3.63, 3.8) is 0 Å². The van der Waals surface area contributed by atoms with E-state index in [4.69, 9.17) is 0 Å². The molecule has 0 saturated heterocycles. The van der Waals surface area contributed by atoms with Crippen LogP contribution in [0.4, 0.5) is 0 Å². The molecule has 0 radical (unpaired) electrons. The summed E-state index contributed by atoms with van der Waals surface area (Å²) in [6, 6.07) is 10.9. The summed E-state index contributed by atoms with van der Waals surface area (Å²) in [5.74, 6) is -1.39. The molecule has 5 nitrogen and oxygen atoms in total. The highest BCUT2D eigenvalue weighted by Gasteiger charge is 2.22. The van der Waals surface area contributed by atoms with Crippen molar-refractivity contribution in [3.8, 4) is 0 Å². The highest BCUT2D eigenvalue weighted by atomic mass is 16.4. The summed E-state index contributed by atoms with van der Waals surface area (Å²) in [5.41, 5.74) is 3.44. The van der Waals surface area contributed by atoms with Gasteiger partial charge in [-0.1, -0.05) is 36.4 Å². The second kappa shape index (κ2) is 8.33. The molecule has 1 amide bonds. The van der Waals surface area contributed by atoms with Crippen molar-refractivity contribution in [1.82, 2.24) is 9.88 Å². The van der Waals surface area contributed by atoms with Crippen molar-refractivity contribution in [2.24, 2.45) is 0 Å². The third-order valence-corrected chi connectivity index (χ3v) is 4.26. The standard InChI is InChI=1S/C20H24N2O3/c1-4-5-11-18(20(24)25)21-19(23)17-12-14(2)22(15(17)3)13-16-9-7-6-8-10-16/h4,6-10,12,18H,1,5,11,13H2,2-3H3,(H,21,23)(H,24,25). The summed E-state index contributed by atoms with van der Waals surface area (Å²) < 4.78 is 2.06. The Labute approximate surface area is 148 Å². The molecule has 1 aromatic carbocycles. The van der Waals surface area contributed by atoms with Gasteiger partial charge in [0.1, 0.15) is 6.04 Å². The van der Waals surface area contributed by atoms with E-state index in [0.29, 0.717) is 24.9 Å². The Morgan fingerprint density at radius 1 is 1.28 bits per heavy atom. The van der Waals surface area contributed by atoms with Gasteiger partial charge in [0, 0.05) is 17.9 Å². The van der Waals surface area contributed by atoms with Crippen molar-refractivity contribution < 1.29 is 14.7 Å². The zero-order chi connectivity index (χ0) is 18.4. The Balaban J connectivity index is 2.19. The molecule has 2 aromatic rings. The number of carbonyl (C=O) groups excluding carboxylic acids is 1. The van der Waals surface area contributed by atoms with Crippen molar-refractivity contribution in [1.29, 1.82) is 0 Å². The number of hydrogen-bond acceptors (Lipinski definition) is 2. The molecule has 2 N–H and O–H groups in total. The maximum atomic E-state index is 12.5. The molecule has 2 rings (SSSR count). The third-order valence-electron chi connectivity index (χ3n) is 4.26. The van der Waals surface area contributed by atoms with Crippen LogP contribution >= 0.6 is 0 Å². The highest BCUT2D eigenvalue weighted by molar-refractivity contribution is 5.97. The number of rotatable bonds is 8. The number of benzene rings is 1. The lowest BCUT2D eigenvalue weighted by Gasteiger charge is -2.14. The molecular formula is C20H24N2O3. The Hall–Kier alpha value is -2.82. The zero-order valence-electron chi connectivity index (χ0n) is 14.7. The molecule has 1 atom stereocenters. The van der Waals surface area contributed by atoms with E-state index in [1.807, 2.05) is 44.2 Å². The van der Waals surface area contributed by atoms with Crippen LogP contribution < -0.4 is 5.32 Å². The van der Waals surface area contributed by atoms with Gasteiger partial charge in [-0.15, -0.1) is 6.58 Å². The number of hydrogen-bond donors (Lipinski definition) is 2. The largest absolute Gasteiger partial charge is 0.480 e. The molecule has 0 aliphatic heterocycles. The second-order valence-corrected chi connectivity index (χ2v) is 6.09. The highest BCUT2D eigenvalue weighted by Crippen LogP contribution is 2.17. The van der Waals surface area contributed by atoms with Gasteiger partial charge in [-0.2, -0.15) is 0 Å². The molecule has 0 fully saturated rings. The van der Waals surface area contributed by atoms with E-state index < -0.39 is 12.0 Å². The third kappa shape index (κ3) is 4.59. The van der Waals surface area contributed by atoms with E-state index in [2.05, 4.69) is 16.5 Å². The van der Waals surface area contributed by atoms with E-state index in [9.17, 15) is 14.7 Å². The van der Waals surface area contributed by atoms with Gasteiger partial charge in [0.05, 0.1) is 5.56 Å². The number of aryl methyl sites for hydroxylation is 1. The van der Waals surface area contributed by atoms with Gasteiger partial charge in [0.2, 0.25) is 0 Å². The summed E-state index contributed by atoms with van der Waals surface area (Å²) >= 11 is 0. The first kappa shape index (κ1) is 18.5. The lowest BCUT2D eigenvalue weighted by Crippen LogP contribution is -2.40. The molecule has 0 spiro atoms. The zero-order valence-corrected chi connectivity index (χ0v) is 14.7. The molecule has 0 aliphatic rings. The fourth-order valence-corrected chi connectivity index (χ4v) is 2.82. The van der Waals surface area contributed by atoms with Gasteiger partial charge >= 0.3 is 5.97 Å². The summed E-state index contributed by atoms with van der Waals surface area (Å²) in [5, 5.41) is 11.9. The SMILES string of the molecule is C=CCCC(NC(=O)c1cc(C)n(Cc2ccccc2)c1C)C(=O)O. The van der Waals surface area contributed by atoms with Crippen molar-refractivity contribution in [2.75, 3.05) is 0 Å². The first-order valence-corrected chi connectivity index (χ1v) is 8.29. The minimum absolute atomic E-state index is 0.327. The van der Waals surface area contributed by atoms with E-state index in [1.165, 1.54) is 0 Å². The molecular weight excluding hydrogens is 316 g/mol. The maximum absolute atomic E-state index is 12.5. The molecule has 0 saturated carbocycles. The Kier molecular flexibility index (Phi) is 6.17. The van der Waals surface area contributed by atoms with E-state index in [0.717, 1.165) is 17.0 Å². The number of carbonyl (C=O) groups is 2. The minimum atomic E-state index is -1.03. The first-order chi connectivity index (χ1) is 11.9. The van der Waals surface area contributed by atoms with E-state index in [-0.39, 0.29) is 5.91 Å². The Morgan fingerprint density at radius 3 is 2.56 bits per heavy atom. The number of carboxylic acids is 1. The van der Waals surface area contributed by atoms with Crippen LogP contribution in [0.3, 0.4) is 0 Å². The molecule has 0 bridgehead atoms. The van der Waals surface area contributed by atoms with Gasteiger partial charge in [0.15, 0.2) is 0 Å². The van der Waals surface area contributed by atoms with Crippen LogP contribution in [0.15, 0.2) is 49.1 Å². The predicted molar refractivity (Wildman–Crippen MR) is 97.8 cm³/mol. The van der Waals surface area contributed by atoms with Crippen LogP contribution in [-0.4, -0.2) is 27.6 Å². The van der Waals surface area contributed by atoms with Crippen LogP contribution in [0, 0.1) is 13.8 Å². The van der Waals surface area contributed by atoms with Gasteiger partial charge in [-0.25, -0.2) is 4.79 Å². The fourth-order valence-electron chi connectivity index (χ4n) is 2.82. The van der Waals surface area contributed by atoms with Crippen LogP contribution in [0.2, 0.25) is 0 Å². The summed E-state index contributed by atoms with van der Waals surface area (Å²) in [6.07, 6.45) is 2.51. The second-order valence-electron chi connectivity index (χ2n) is 6.09. The number of nitrogens with zero attached hydrogens (tertiary/aromatic N) is 1. The monoisotopic (exact) mass is 340 g/mol. The molecule has 132 valence electrons. The first-order valence-electron chi connectivity index (χ1n) is 8.29. The smallest absolute Gasteiger partial charge is 0.326 e. The molecule has 0 aliphatic carbocycles. The van der Waals surface area contributed by atoms with Crippen LogP contribution in [0.25, 0.3) is 0 Å². The molecule has 1 aromatic heterocycles. The minimum Gasteiger partial charge on any atom is -0.480 e. The van der Waals surface area contributed by atoms with Crippen molar-refractivity contribution >= 4 is 11.9 Å². The normalized spacial score (nSPS) is 11.8. The number of allylic oxidation sites excluding steroid dienone is 1. The van der Waals surface area contributed by atoms with Crippen LogP contribution in [0.5, 0.6) is 0 Å². The lowest BCUT2D eigenvalue weighted by atomic mass is 10.1. The van der Waals surface area contributed by atoms with Gasteiger partial charge in [0.25, 0.3) is 5.91 Å². The average molecular weight is 340 g/mol. The van der Waals surface area contributed by atoms with Gasteiger partial charge in [-0.05, 0) is 38.3 Å². The predicted octanol–water partition coefficient (Wildman–Crippen LogP) is 3.30. The average Bonchev–Trinajstić information content (AvgIpc) is 2.87. The van der Waals surface area contributed by atoms with Gasteiger partial charge < -0.3 is 15.0 Å². The van der Waals surface area contributed by atoms with Crippen LogP contribution in [0.1, 0.15) is 40.2 Å². The quantitative estimate of drug-likeness (QED) is 0.724. The van der Waals surface area contributed by atoms with Crippen molar-refractivity contribution in [3.05, 3.63) is 71.6 Å². The van der Waals surface area contributed by atoms with Crippen molar-refractivity contribution in [2.45, 2.75) is 39.3 Å². The molecule has 1 unspecified atom stereocenters.